The van der Waals surface area contributed by atoms with E-state index < -0.39 is 0 Å². The quantitative estimate of drug-likeness (QED) is 0.858. The first-order valence-corrected chi connectivity index (χ1v) is 7.85. The third kappa shape index (κ3) is 3.02. The zero-order valence-electron chi connectivity index (χ0n) is 11.8. The van der Waals surface area contributed by atoms with Gasteiger partial charge >= 0.3 is 5.97 Å². The highest BCUT2D eigenvalue weighted by Gasteiger charge is 2.30. The van der Waals surface area contributed by atoms with Crippen LogP contribution in [0.25, 0.3) is 10.9 Å². The van der Waals surface area contributed by atoms with Crippen molar-refractivity contribution in [2.75, 3.05) is 12.4 Å². The van der Waals surface area contributed by atoms with E-state index in [9.17, 15) is 4.79 Å². The average Bonchev–Trinajstić information content (AvgIpc) is 2.95. The van der Waals surface area contributed by atoms with Gasteiger partial charge in [0.15, 0.2) is 0 Å². The number of anilines is 1. The molecule has 0 saturated heterocycles. The maximum Gasteiger partial charge on any atom is 0.308 e. The van der Waals surface area contributed by atoms with Gasteiger partial charge < -0.3 is 10.1 Å². The van der Waals surface area contributed by atoms with Crippen LogP contribution in [0.1, 0.15) is 19.3 Å². The maximum absolute atomic E-state index is 11.6. The van der Waals surface area contributed by atoms with Crippen molar-refractivity contribution in [3.8, 4) is 0 Å². The largest absolute Gasteiger partial charge is 0.469 e. The molecule has 2 atom stereocenters. The summed E-state index contributed by atoms with van der Waals surface area (Å²) < 4.78 is 5.85. The SMILES string of the molecule is COC(=O)[C@H]1CC[C@@H](Nc2ccnc3cc(Br)ccc23)C1. The van der Waals surface area contributed by atoms with Gasteiger partial charge in [-0.25, -0.2) is 0 Å². The second kappa shape index (κ2) is 6.02. The number of nitrogens with one attached hydrogen (secondary N) is 1. The first kappa shape index (κ1) is 14.3. The van der Waals surface area contributed by atoms with Crippen LogP contribution >= 0.6 is 15.9 Å². The number of fused-ring (bicyclic) bond motifs is 1. The highest BCUT2D eigenvalue weighted by Crippen LogP contribution is 2.31. The lowest BCUT2D eigenvalue weighted by molar-refractivity contribution is -0.145. The number of halogens is 1. The van der Waals surface area contributed by atoms with E-state index in [0.29, 0.717) is 6.04 Å². The fourth-order valence-corrected chi connectivity index (χ4v) is 3.31. The Morgan fingerprint density at radius 2 is 2.24 bits per heavy atom. The Morgan fingerprint density at radius 3 is 3.05 bits per heavy atom. The van der Waals surface area contributed by atoms with Crippen LogP contribution in [0.15, 0.2) is 34.9 Å². The molecule has 1 heterocycles. The van der Waals surface area contributed by atoms with Crippen molar-refractivity contribution in [3.63, 3.8) is 0 Å². The van der Waals surface area contributed by atoms with E-state index in [1.54, 1.807) is 0 Å². The lowest BCUT2D eigenvalue weighted by Gasteiger charge is -2.16. The molecule has 1 fully saturated rings. The Hall–Kier alpha value is -1.62. The van der Waals surface area contributed by atoms with Gasteiger partial charge in [0.05, 0.1) is 18.5 Å². The van der Waals surface area contributed by atoms with Gasteiger partial charge in [-0.15, -0.1) is 0 Å². The molecular weight excluding hydrogens is 332 g/mol. The number of carbonyl (C=O) groups excluding carboxylic acids is 1. The summed E-state index contributed by atoms with van der Waals surface area (Å²) in [5.74, 6) is -0.0717. The van der Waals surface area contributed by atoms with E-state index in [2.05, 4.69) is 32.3 Å². The average molecular weight is 349 g/mol. The van der Waals surface area contributed by atoms with Crippen molar-refractivity contribution in [3.05, 3.63) is 34.9 Å². The normalized spacial score (nSPS) is 21.4. The van der Waals surface area contributed by atoms with E-state index in [-0.39, 0.29) is 11.9 Å². The predicted molar refractivity (Wildman–Crippen MR) is 86.2 cm³/mol. The summed E-state index contributed by atoms with van der Waals surface area (Å²) in [5.41, 5.74) is 2.03. The van der Waals surface area contributed by atoms with Crippen molar-refractivity contribution in [1.82, 2.24) is 4.98 Å². The Labute approximate surface area is 132 Å². The van der Waals surface area contributed by atoms with E-state index in [4.69, 9.17) is 4.74 Å². The van der Waals surface area contributed by atoms with Crippen LogP contribution in [0.5, 0.6) is 0 Å². The molecule has 110 valence electrons. The minimum Gasteiger partial charge on any atom is -0.469 e. The van der Waals surface area contributed by atoms with Gasteiger partial charge in [0.25, 0.3) is 0 Å². The number of hydrogen-bond donors (Lipinski definition) is 1. The topological polar surface area (TPSA) is 51.2 Å². The minimum atomic E-state index is -0.0946. The fraction of sp³-hybridized carbons (Fsp3) is 0.375. The molecule has 0 aliphatic heterocycles. The molecule has 3 rings (SSSR count). The molecule has 0 spiro atoms. The van der Waals surface area contributed by atoms with E-state index >= 15 is 0 Å². The number of hydrogen-bond acceptors (Lipinski definition) is 4. The molecule has 0 bridgehead atoms. The lowest BCUT2D eigenvalue weighted by Crippen LogP contribution is -2.19. The molecule has 1 N–H and O–H groups in total. The minimum absolute atomic E-state index is 0.0229. The first-order valence-electron chi connectivity index (χ1n) is 7.06. The van der Waals surface area contributed by atoms with Gasteiger partial charge in [-0.1, -0.05) is 15.9 Å². The van der Waals surface area contributed by atoms with Crippen LogP contribution in [0.2, 0.25) is 0 Å². The molecule has 1 aromatic heterocycles. The Balaban J connectivity index is 1.78. The molecule has 21 heavy (non-hydrogen) atoms. The monoisotopic (exact) mass is 348 g/mol. The molecule has 4 nitrogen and oxygen atoms in total. The number of carbonyl (C=O) groups is 1. The molecule has 2 aromatic rings. The number of benzene rings is 1. The van der Waals surface area contributed by atoms with Crippen LogP contribution < -0.4 is 5.32 Å². The summed E-state index contributed by atoms with van der Waals surface area (Å²) in [6.07, 6.45) is 4.51. The van der Waals surface area contributed by atoms with Gasteiger partial charge in [-0.3, -0.25) is 9.78 Å². The molecule has 1 aromatic carbocycles. The van der Waals surface area contributed by atoms with E-state index in [1.807, 2.05) is 24.4 Å². The van der Waals surface area contributed by atoms with Gasteiger partial charge in [0, 0.05) is 27.8 Å². The first-order chi connectivity index (χ1) is 10.2. The number of methoxy groups -OCH3 is 1. The number of ether oxygens (including phenoxy) is 1. The summed E-state index contributed by atoms with van der Waals surface area (Å²) in [6.45, 7) is 0. The molecule has 1 aliphatic rings. The molecule has 0 amide bonds. The van der Waals surface area contributed by atoms with Crippen molar-refractivity contribution in [2.45, 2.75) is 25.3 Å². The maximum atomic E-state index is 11.6. The zero-order chi connectivity index (χ0) is 14.8. The van der Waals surface area contributed by atoms with Crippen LogP contribution in [-0.2, 0) is 9.53 Å². The number of rotatable bonds is 3. The van der Waals surface area contributed by atoms with Crippen molar-refractivity contribution < 1.29 is 9.53 Å². The lowest BCUT2D eigenvalue weighted by atomic mass is 10.1. The molecular formula is C16H17BrN2O2. The summed E-state index contributed by atoms with van der Waals surface area (Å²) in [4.78, 5) is 16.0. The van der Waals surface area contributed by atoms with Gasteiger partial charge in [-0.2, -0.15) is 0 Å². The van der Waals surface area contributed by atoms with Crippen LogP contribution in [-0.4, -0.2) is 24.1 Å². The standard InChI is InChI=1S/C16H17BrN2O2/c1-21-16(20)10-2-4-12(8-10)19-14-6-7-18-15-9-11(17)3-5-13(14)15/h3,5-7,9-10,12H,2,4,8H2,1H3,(H,18,19)/t10-,12+/m0/s1. The zero-order valence-corrected chi connectivity index (χ0v) is 13.4. The third-order valence-corrected chi connectivity index (χ3v) is 4.52. The van der Waals surface area contributed by atoms with Gasteiger partial charge in [0.2, 0.25) is 0 Å². The summed E-state index contributed by atoms with van der Waals surface area (Å²) in [6, 6.07) is 8.37. The molecule has 1 saturated carbocycles. The Morgan fingerprint density at radius 1 is 1.38 bits per heavy atom. The van der Waals surface area contributed by atoms with Gasteiger partial charge in [-0.05, 0) is 43.5 Å². The predicted octanol–water partition coefficient (Wildman–Crippen LogP) is 3.75. The van der Waals surface area contributed by atoms with Crippen molar-refractivity contribution in [1.29, 1.82) is 0 Å². The molecule has 0 unspecified atom stereocenters. The van der Waals surface area contributed by atoms with Crippen LogP contribution in [0.4, 0.5) is 5.69 Å². The fourth-order valence-electron chi connectivity index (χ4n) is 2.96. The number of nitrogens with zero attached hydrogens (tertiary/aromatic N) is 1. The second-order valence-corrected chi connectivity index (χ2v) is 6.31. The number of pyridine rings is 1. The van der Waals surface area contributed by atoms with Crippen LogP contribution in [0.3, 0.4) is 0 Å². The molecule has 5 heteroatoms. The van der Waals surface area contributed by atoms with E-state index in [1.165, 1.54) is 7.11 Å². The Kier molecular flexibility index (Phi) is 4.10. The summed E-state index contributed by atoms with van der Waals surface area (Å²) in [5, 5.41) is 4.65. The highest BCUT2D eigenvalue weighted by molar-refractivity contribution is 9.10. The second-order valence-electron chi connectivity index (χ2n) is 5.39. The van der Waals surface area contributed by atoms with Crippen molar-refractivity contribution in [2.24, 2.45) is 5.92 Å². The van der Waals surface area contributed by atoms with E-state index in [0.717, 1.165) is 40.3 Å². The van der Waals surface area contributed by atoms with Gasteiger partial charge in [0.1, 0.15) is 0 Å². The number of esters is 1. The molecule has 1 aliphatic carbocycles. The summed E-state index contributed by atoms with van der Waals surface area (Å²) in [7, 11) is 1.46. The van der Waals surface area contributed by atoms with Crippen LogP contribution in [0, 0.1) is 5.92 Å². The Bertz CT molecular complexity index is 674. The molecule has 0 radical (unpaired) electrons. The summed E-state index contributed by atoms with van der Waals surface area (Å²) >= 11 is 3.47. The smallest absolute Gasteiger partial charge is 0.308 e. The van der Waals surface area contributed by atoms with Crippen molar-refractivity contribution >= 4 is 38.5 Å². The number of aromatic nitrogens is 1. The highest BCUT2D eigenvalue weighted by atomic mass is 79.9. The third-order valence-electron chi connectivity index (χ3n) is 4.03.